The van der Waals surface area contributed by atoms with E-state index in [1.54, 1.807) is 12.1 Å². The summed E-state index contributed by atoms with van der Waals surface area (Å²) in [6.45, 7) is 4.37. The highest BCUT2D eigenvalue weighted by atomic mass is 79.9. The summed E-state index contributed by atoms with van der Waals surface area (Å²) in [7, 11) is 0. The van der Waals surface area contributed by atoms with Crippen LogP contribution in [0.3, 0.4) is 0 Å². The Kier molecular flexibility index (Phi) is 5.29. The predicted molar refractivity (Wildman–Crippen MR) is 103 cm³/mol. The molecule has 3 aromatic rings. The smallest absolute Gasteiger partial charge is 0.261 e. The van der Waals surface area contributed by atoms with Gasteiger partial charge in [-0.2, -0.15) is 0 Å². The number of benzene rings is 1. The van der Waals surface area contributed by atoms with Crippen molar-refractivity contribution in [1.82, 2.24) is 14.5 Å². The summed E-state index contributed by atoms with van der Waals surface area (Å²) in [5.41, 5.74) is 1.44. The van der Waals surface area contributed by atoms with E-state index in [0.717, 1.165) is 10.2 Å². The molecule has 6 nitrogen and oxygen atoms in total. The fraction of sp³-hybridized carbons (Fsp3) is 0.294. The van der Waals surface area contributed by atoms with Gasteiger partial charge in [0.05, 0.1) is 22.9 Å². The third kappa shape index (κ3) is 4.13. The van der Waals surface area contributed by atoms with E-state index in [4.69, 9.17) is 0 Å². The zero-order chi connectivity index (χ0) is 18.0. The number of anilines is 1. The van der Waals surface area contributed by atoms with E-state index in [1.807, 2.05) is 11.4 Å². The molecule has 2 heterocycles. The monoisotopic (exact) mass is 420 g/mol. The molecule has 1 amide bonds. The lowest BCUT2D eigenvalue weighted by Crippen LogP contribution is -2.23. The first-order valence-electron chi connectivity index (χ1n) is 7.84. The van der Waals surface area contributed by atoms with Crippen LogP contribution in [0.5, 0.6) is 0 Å². The minimum Gasteiger partial charge on any atom is -0.302 e. The standard InChI is InChI=1S/C17H17BrN4O2S/c1-10(2)14-8-25-17(20-14)21-15(23)5-6-22-9-19-13-4-3-11(18)7-12(13)16(22)24/h3-4,7-10H,5-6H2,1-2H3,(H,20,21,23). The number of carbonyl (C=O) groups excluding carboxylic acids is 1. The van der Waals surface area contributed by atoms with Crippen LogP contribution in [0, 0.1) is 0 Å². The SMILES string of the molecule is CC(C)c1csc(NC(=O)CCn2cnc3ccc(Br)cc3c2=O)n1. The Hall–Kier alpha value is -2.06. The lowest BCUT2D eigenvalue weighted by Gasteiger charge is -2.07. The van der Waals surface area contributed by atoms with Gasteiger partial charge in [-0.1, -0.05) is 29.8 Å². The molecule has 0 unspecified atom stereocenters. The number of fused-ring (bicyclic) bond motifs is 1. The molecule has 25 heavy (non-hydrogen) atoms. The molecule has 0 saturated heterocycles. The third-order valence-electron chi connectivity index (χ3n) is 3.73. The van der Waals surface area contributed by atoms with Gasteiger partial charge in [-0.25, -0.2) is 9.97 Å². The van der Waals surface area contributed by atoms with Gasteiger partial charge in [0.15, 0.2) is 5.13 Å². The molecular formula is C17H17BrN4O2S. The summed E-state index contributed by atoms with van der Waals surface area (Å²) < 4.78 is 2.27. The van der Waals surface area contributed by atoms with Crippen molar-refractivity contribution in [3.8, 4) is 0 Å². The number of aryl methyl sites for hydroxylation is 1. The summed E-state index contributed by atoms with van der Waals surface area (Å²) in [6.07, 6.45) is 1.66. The molecule has 8 heteroatoms. The third-order valence-corrected chi connectivity index (χ3v) is 4.99. The maximum absolute atomic E-state index is 12.5. The van der Waals surface area contributed by atoms with Crippen molar-refractivity contribution < 1.29 is 4.79 Å². The van der Waals surface area contributed by atoms with E-state index in [1.165, 1.54) is 22.2 Å². The second-order valence-electron chi connectivity index (χ2n) is 5.93. The van der Waals surface area contributed by atoms with Gasteiger partial charge in [0.2, 0.25) is 5.91 Å². The van der Waals surface area contributed by atoms with Gasteiger partial charge in [-0.05, 0) is 24.1 Å². The summed E-state index contributed by atoms with van der Waals surface area (Å²) in [5, 5.41) is 5.83. The second kappa shape index (κ2) is 7.45. The van der Waals surface area contributed by atoms with Gasteiger partial charge in [0, 0.05) is 22.8 Å². The van der Waals surface area contributed by atoms with E-state index in [0.29, 0.717) is 22.0 Å². The number of aromatic nitrogens is 3. The number of rotatable bonds is 5. The highest BCUT2D eigenvalue weighted by Crippen LogP contribution is 2.21. The predicted octanol–water partition coefficient (Wildman–Crippen LogP) is 3.77. The summed E-state index contributed by atoms with van der Waals surface area (Å²) >= 11 is 4.76. The number of hydrogen-bond acceptors (Lipinski definition) is 5. The molecule has 0 radical (unpaired) electrons. The number of hydrogen-bond donors (Lipinski definition) is 1. The number of halogens is 1. The molecule has 0 aliphatic heterocycles. The minimum atomic E-state index is -0.175. The van der Waals surface area contributed by atoms with Crippen molar-refractivity contribution in [2.24, 2.45) is 0 Å². The number of thiazole rings is 1. The van der Waals surface area contributed by atoms with Crippen LogP contribution in [0.25, 0.3) is 10.9 Å². The first kappa shape index (κ1) is 17.8. The highest BCUT2D eigenvalue weighted by Gasteiger charge is 2.10. The fourth-order valence-electron chi connectivity index (χ4n) is 2.30. The maximum atomic E-state index is 12.5. The average molecular weight is 421 g/mol. The molecule has 0 aliphatic carbocycles. The number of amides is 1. The lowest BCUT2D eigenvalue weighted by atomic mass is 10.2. The molecule has 0 saturated carbocycles. The van der Waals surface area contributed by atoms with Crippen molar-refractivity contribution in [2.75, 3.05) is 5.32 Å². The zero-order valence-electron chi connectivity index (χ0n) is 13.8. The first-order valence-corrected chi connectivity index (χ1v) is 9.51. The molecule has 1 N–H and O–H groups in total. The number of carbonyl (C=O) groups is 1. The van der Waals surface area contributed by atoms with E-state index >= 15 is 0 Å². The summed E-state index contributed by atoms with van der Waals surface area (Å²) in [6, 6.07) is 5.36. The van der Waals surface area contributed by atoms with Gasteiger partial charge in [0.25, 0.3) is 5.56 Å². The molecule has 3 rings (SSSR count). The Morgan fingerprint density at radius 1 is 1.40 bits per heavy atom. The molecule has 0 aliphatic rings. The lowest BCUT2D eigenvalue weighted by molar-refractivity contribution is -0.116. The van der Waals surface area contributed by atoms with Crippen LogP contribution < -0.4 is 10.9 Å². The molecule has 130 valence electrons. The van der Waals surface area contributed by atoms with Crippen LogP contribution in [0.2, 0.25) is 0 Å². The van der Waals surface area contributed by atoms with Crippen molar-refractivity contribution >= 4 is 49.2 Å². The Balaban J connectivity index is 1.68. The van der Waals surface area contributed by atoms with E-state index < -0.39 is 0 Å². The van der Waals surface area contributed by atoms with Crippen LogP contribution >= 0.6 is 27.3 Å². The molecule has 2 aromatic heterocycles. The van der Waals surface area contributed by atoms with Crippen LogP contribution in [0.4, 0.5) is 5.13 Å². The fourth-order valence-corrected chi connectivity index (χ4v) is 3.55. The molecule has 0 atom stereocenters. The topological polar surface area (TPSA) is 76.9 Å². The first-order chi connectivity index (χ1) is 11.9. The number of nitrogens with zero attached hydrogens (tertiary/aromatic N) is 3. The van der Waals surface area contributed by atoms with Crippen molar-refractivity contribution in [1.29, 1.82) is 0 Å². The van der Waals surface area contributed by atoms with E-state index in [2.05, 4.69) is 45.1 Å². The van der Waals surface area contributed by atoms with Gasteiger partial charge in [-0.15, -0.1) is 11.3 Å². The largest absolute Gasteiger partial charge is 0.302 e. The Morgan fingerprint density at radius 2 is 2.20 bits per heavy atom. The minimum absolute atomic E-state index is 0.157. The summed E-state index contributed by atoms with van der Waals surface area (Å²) in [5.74, 6) is 0.148. The molecule has 1 aromatic carbocycles. The Bertz CT molecular complexity index is 980. The highest BCUT2D eigenvalue weighted by molar-refractivity contribution is 9.10. The molecule has 0 fully saturated rings. The van der Waals surface area contributed by atoms with Gasteiger partial charge >= 0.3 is 0 Å². The van der Waals surface area contributed by atoms with Crippen LogP contribution in [0.15, 0.2) is 39.2 Å². The maximum Gasteiger partial charge on any atom is 0.261 e. The number of nitrogens with one attached hydrogen (secondary N) is 1. The van der Waals surface area contributed by atoms with Crippen molar-refractivity contribution in [2.45, 2.75) is 32.7 Å². The quantitative estimate of drug-likeness (QED) is 0.681. The van der Waals surface area contributed by atoms with Crippen LogP contribution in [-0.4, -0.2) is 20.4 Å². The van der Waals surface area contributed by atoms with Crippen molar-refractivity contribution in [3.63, 3.8) is 0 Å². The van der Waals surface area contributed by atoms with Gasteiger partial charge < -0.3 is 5.32 Å². The zero-order valence-corrected chi connectivity index (χ0v) is 16.2. The van der Waals surface area contributed by atoms with Crippen LogP contribution in [0.1, 0.15) is 31.9 Å². The average Bonchev–Trinajstić information content (AvgIpc) is 3.03. The summed E-state index contributed by atoms with van der Waals surface area (Å²) in [4.78, 5) is 33.2. The van der Waals surface area contributed by atoms with Gasteiger partial charge in [-0.3, -0.25) is 14.2 Å². The molecule has 0 bridgehead atoms. The Morgan fingerprint density at radius 3 is 2.92 bits per heavy atom. The Labute approximate surface area is 157 Å². The normalized spacial score (nSPS) is 11.2. The van der Waals surface area contributed by atoms with Crippen molar-refractivity contribution in [3.05, 3.63) is 50.4 Å². The van der Waals surface area contributed by atoms with E-state index in [-0.39, 0.29) is 24.4 Å². The van der Waals surface area contributed by atoms with Gasteiger partial charge in [0.1, 0.15) is 0 Å². The molecular weight excluding hydrogens is 404 g/mol. The van der Waals surface area contributed by atoms with Crippen LogP contribution in [-0.2, 0) is 11.3 Å². The molecule has 0 spiro atoms. The second-order valence-corrected chi connectivity index (χ2v) is 7.71. The van der Waals surface area contributed by atoms with E-state index in [9.17, 15) is 9.59 Å².